The molecule has 4 nitrogen and oxygen atoms in total. The second kappa shape index (κ2) is 4.09. The topological polar surface area (TPSA) is 55.1 Å². The standard InChI is InChI=1S/C11H12N2O2S/c1-7-3-4-8(2)13(7)5-10-12-9(6-16-10)11(14)15/h3-4,6H,5H2,1-2H3,(H,14,15). The highest BCUT2D eigenvalue weighted by Crippen LogP contribution is 2.15. The van der Waals surface area contributed by atoms with Gasteiger partial charge >= 0.3 is 5.97 Å². The monoisotopic (exact) mass is 236 g/mol. The van der Waals surface area contributed by atoms with Crippen LogP contribution in [0.1, 0.15) is 26.9 Å². The zero-order chi connectivity index (χ0) is 11.7. The fraction of sp³-hybridized carbons (Fsp3) is 0.273. The third-order valence-electron chi connectivity index (χ3n) is 2.48. The number of aryl methyl sites for hydroxylation is 2. The maximum Gasteiger partial charge on any atom is 0.355 e. The molecule has 0 aromatic carbocycles. The number of aromatic nitrogens is 2. The quantitative estimate of drug-likeness (QED) is 0.889. The molecule has 0 spiro atoms. The number of carboxylic acid groups (broad SMARTS) is 1. The van der Waals surface area contributed by atoms with Crippen LogP contribution < -0.4 is 0 Å². The minimum atomic E-state index is -0.969. The zero-order valence-electron chi connectivity index (χ0n) is 9.10. The number of nitrogens with zero attached hydrogens (tertiary/aromatic N) is 2. The lowest BCUT2D eigenvalue weighted by Crippen LogP contribution is -2.04. The van der Waals surface area contributed by atoms with Gasteiger partial charge in [-0.15, -0.1) is 11.3 Å². The summed E-state index contributed by atoms with van der Waals surface area (Å²) in [7, 11) is 0. The number of thiazole rings is 1. The molecular formula is C11H12N2O2S. The smallest absolute Gasteiger partial charge is 0.355 e. The summed E-state index contributed by atoms with van der Waals surface area (Å²) in [6.45, 7) is 4.69. The fourth-order valence-electron chi connectivity index (χ4n) is 1.57. The average molecular weight is 236 g/mol. The van der Waals surface area contributed by atoms with Crippen molar-refractivity contribution in [2.75, 3.05) is 0 Å². The van der Waals surface area contributed by atoms with E-state index >= 15 is 0 Å². The van der Waals surface area contributed by atoms with Gasteiger partial charge in [0.2, 0.25) is 0 Å². The molecule has 0 unspecified atom stereocenters. The molecule has 0 saturated heterocycles. The Kier molecular flexibility index (Phi) is 2.78. The number of hydrogen-bond donors (Lipinski definition) is 1. The van der Waals surface area contributed by atoms with Gasteiger partial charge in [-0.2, -0.15) is 0 Å². The van der Waals surface area contributed by atoms with Crippen molar-refractivity contribution in [1.29, 1.82) is 0 Å². The second-order valence-corrected chi connectivity index (χ2v) is 4.58. The van der Waals surface area contributed by atoms with E-state index in [2.05, 4.69) is 9.55 Å². The highest BCUT2D eigenvalue weighted by molar-refractivity contribution is 7.09. The number of carboxylic acids is 1. The van der Waals surface area contributed by atoms with Gasteiger partial charge in [0.15, 0.2) is 5.69 Å². The second-order valence-electron chi connectivity index (χ2n) is 3.63. The molecule has 0 amide bonds. The molecule has 0 radical (unpaired) electrons. The summed E-state index contributed by atoms with van der Waals surface area (Å²) in [4.78, 5) is 14.8. The predicted octanol–water partition coefficient (Wildman–Crippen LogP) is 2.31. The molecule has 0 fully saturated rings. The molecular weight excluding hydrogens is 224 g/mol. The Morgan fingerprint density at radius 1 is 1.44 bits per heavy atom. The van der Waals surface area contributed by atoms with Crippen LogP contribution in [0.2, 0.25) is 0 Å². The molecule has 0 aliphatic heterocycles. The van der Waals surface area contributed by atoms with E-state index in [1.165, 1.54) is 11.3 Å². The summed E-state index contributed by atoms with van der Waals surface area (Å²) in [6.07, 6.45) is 0. The highest BCUT2D eigenvalue weighted by Gasteiger charge is 2.10. The summed E-state index contributed by atoms with van der Waals surface area (Å²) in [6, 6.07) is 4.09. The predicted molar refractivity (Wildman–Crippen MR) is 62.1 cm³/mol. The van der Waals surface area contributed by atoms with Gasteiger partial charge in [0.1, 0.15) is 5.01 Å². The maximum absolute atomic E-state index is 10.7. The molecule has 1 N–H and O–H groups in total. The number of carbonyl (C=O) groups is 1. The van der Waals surface area contributed by atoms with E-state index in [0.717, 1.165) is 16.4 Å². The van der Waals surface area contributed by atoms with Gasteiger partial charge in [0.05, 0.1) is 6.54 Å². The molecule has 5 heteroatoms. The van der Waals surface area contributed by atoms with Crippen molar-refractivity contribution >= 4 is 17.3 Å². The third kappa shape index (κ3) is 1.99. The molecule has 0 saturated carbocycles. The average Bonchev–Trinajstić information content (AvgIpc) is 2.80. The van der Waals surface area contributed by atoms with Gasteiger partial charge in [-0.1, -0.05) is 0 Å². The largest absolute Gasteiger partial charge is 0.476 e. The van der Waals surface area contributed by atoms with Crippen LogP contribution in [0.4, 0.5) is 0 Å². The van der Waals surface area contributed by atoms with Crippen LogP contribution in [-0.2, 0) is 6.54 Å². The summed E-state index contributed by atoms with van der Waals surface area (Å²) in [5.41, 5.74) is 2.44. The van der Waals surface area contributed by atoms with Crippen LogP contribution >= 0.6 is 11.3 Å². The van der Waals surface area contributed by atoms with E-state index in [-0.39, 0.29) is 5.69 Å². The molecule has 2 heterocycles. The lowest BCUT2D eigenvalue weighted by Gasteiger charge is -2.06. The van der Waals surface area contributed by atoms with Crippen LogP contribution in [0.25, 0.3) is 0 Å². The molecule has 0 aliphatic carbocycles. The molecule has 84 valence electrons. The van der Waals surface area contributed by atoms with Crippen molar-refractivity contribution < 1.29 is 9.90 Å². The molecule has 2 aromatic rings. The Labute approximate surface area is 97.2 Å². The number of aromatic carboxylic acids is 1. The highest BCUT2D eigenvalue weighted by atomic mass is 32.1. The van der Waals surface area contributed by atoms with E-state index in [9.17, 15) is 4.79 Å². The Morgan fingerprint density at radius 3 is 2.56 bits per heavy atom. The zero-order valence-corrected chi connectivity index (χ0v) is 9.91. The van der Waals surface area contributed by atoms with Crippen LogP contribution in [0.15, 0.2) is 17.5 Å². The van der Waals surface area contributed by atoms with Crippen LogP contribution in [0.3, 0.4) is 0 Å². The van der Waals surface area contributed by atoms with E-state index in [0.29, 0.717) is 6.54 Å². The first kappa shape index (κ1) is 10.9. The molecule has 16 heavy (non-hydrogen) atoms. The van der Waals surface area contributed by atoms with Crippen molar-refractivity contribution in [2.45, 2.75) is 20.4 Å². The molecule has 2 rings (SSSR count). The molecule has 0 bridgehead atoms. The first-order chi connectivity index (χ1) is 7.58. The minimum absolute atomic E-state index is 0.127. The maximum atomic E-state index is 10.7. The summed E-state index contributed by atoms with van der Waals surface area (Å²) >= 11 is 1.38. The van der Waals surface area contributed by atoms with Gasteiger partial charge in [-0.25, -0.2) is 9.78 Å². The third-order valence-corrected chi connectivity index (χ3v) is 3.32. The van der Waals surface area contributed by atoms with Gasteiger partial charge in [-0.3, -0.25) is 0 Å². The van der Waals surface area contributed by atoms with Crippen molar-refractivity contribution in [3.8, 4) is 0 Å². The Bertz CT molecular complexity index is 508. The van der Waals surface area contributed by atoms with E-state index in [1.807, 2.05) is 26.0 Å². The van der Waals surface area contributed by atoms with Crippen molar-refractivity contribution in [1.82, 2.24) is 9.55 Å². The Morgan fingerprint density at radius 2 is 2.06 bits per heavy atom. The summed E-state index contributed by atoms with van der Waals surface area (Å²) in [5, 5.41) is 11.2. The van der Waals surface area contributed by atoms with Crippen LogP contribution in [0, 0.1) is 13.8 Å². The van der Waals surface area contributed by atoms with Crippen molar-refractivity contribution in [2.24, 2.45) is 0 Å². The van der Waals surface area contributed by atoms with Gasteiger partial charge in [-0.05, 0) is 26.0 Å². The summed E-state index contributed by atoms with van der Waals surface area (Å²) in [5.74, 6) is -0.969. The fourth-order valence-corrected chi connectivity index (χ4v) is 2.32. The number of rotatable bonds is 3. The Balaban J connectivity index is 2.24. The van der Waals surface area contributed by atoms with Gasteiger partial charge in [0, 0.05) is 16.8 Å². The van der Waals surface area contributed by atoms with Crippen LogP contribution in [0.5, 0.6) is 0 Å². The van der Waals surface area contributed by atoms with E-state index in [4.69, 9.17) is 5.11 Å². The van der Waals surface area contributed by atoms with Crippen molar-refractivity contribution in [3.05, 3.63) is 39.6 Å². The first-order valence-electron chi connectivity index (χ1n) is 4.88. The van der Waals surface area contributed by atoms with Gasteiger partial charge < -0.3 is 9.67 Å². The Hall–Kier alpha value is -1.62. The SMILES string of the molecule is Cc1ccc(C)n1Cc1nc(C(=O)O)cs1. The van der Waals surface area contributed by atoms with Crippen molar-refractivity contribution in [3.63, 3.8) is 0 Å². The number of hydrogen-bond acceptors (Lipinski definition) is 3. The lowest BCUT2D eigenvalue weighted by molar-refractivity contribution is 0.0691. The molecule has 2 aromatic heterocycles. The normalized spacial score (nSPS) is 10.6. The minimum Gasteiger partial charge on any atom is -0.476 e. The summed E-state index contributed by atoms with van der Waals surface area (Å²) < 4.78 is 2.12. The molecule has 0 aliphatic rings. The van der Waals surface area contributed by atoms with E-state index in [1.54, 1.807) is 5.38 Å². The van der Waals surface area contributed by atoms with Gasteiger partial charge in [0.25, 0.3) is 0 Å². The van der Waals surface area contributed by atoms with Crippen LogP contribution in [-0.4, -0.2) is 20.6 Å². The first-order valence-corrected chi connectivity index (χ1v) is 5.76. The molecule has 0 atom stereocenters. The lowest BCUT2D eigenvalue weighted by atomic mass is 10.5. The van der Waals surface area contributed by atoms with E-state index < -0.39 is 5.97 Å².